The summed E-state index contributed by atoms with van der Waals surface area (Å²) in [5.74, 6) is 0. The molecular formula is C17H20OSi. The monoisotopic (exact) mass is 268 g/mol. The molecule has 0 saturated heterocycles. The molecule has 2 aromatic rings. The molecule has 0 radical (unpaired) electrons. The largest absolute Gasteiger partial charge is 0.403 e. The zero-order valence-electron chi connectivity index (χ0n) is 11.5. The quantitative estimate of drug-likeness (QED) is 0.598. The topological polar surface area (TPSA) is 9.23 Å². The van der Waals surface area contributed by atoms with Crippen LogP contribution in [0.2, 0.25) is 0 Å². The van der Waals surface area contributed by atoms with Gasteiger partial charge in [-0.2, -0.15) is 0 Å². The second-order valence-corrected chi connectivity index (χ2v) is 7.46. The smallest absolute Gasteiger partial charge is 0.241 e. The average Bonchev–Trinajstić information content (AvgIpc) is 2.47. The van der Waals surface area contributed by atoms with E-state index in [2.05, 4.69) is 69.0 Å². The van der Waals surface area contributed by atoms with E-state index in [0.717, 1.165) is 0 Å². The van der Waals surface area contributed by atoms with Gasteiger partial charge in [-0.1, -0.05) is 66.7 Å². The fourth-order valence-corrected chi connectivity index (χ4v) is 4.44. The molecule has 0 atom stereocenters. The Kier molecular flexibility index (Phi) is 4.35. The highest BCUT2D eigenvalue weighted by Gasteiger charge is 2.24. The normalized spacial score (nSPS) is 11.5. The number of hydrogen-bond acceptors (Lipinski definition) is 1. The summed E-state index contributed by atoms with van der Waals surface area (Å²) in [7, 11) is -1.66. The number of benzene rings is 2. The van der Waals surface area contributed by atoms with E-state index in [9.17, 15) is 0 Å². The Labute approximate surface area is 117 Å². The molecule has 2 heteroatoms. The fraction of sp³-hybridized carbons (Fsp3) is 0.176. The van der Waals surface area contributed by atoms with Gasteiger partial charge in [-0.25, -0.2) is 0 Å². The van der Waals surface area contributed by atoms with Crippen LogP contribution in [0.5, 0.6) is 0 Å². The van der Waals surface area contributed by atoms with Crippen molar-refractivity contribution in [3.05, 3.63) is 73.3 Å². The summed E-state index contributed by atoms with van der Waals surface area (Å²) >= 11 is 0. The first-order valence-corrected chi connectivity index (χ1v) is 8.16. The molecule has 0 heterocycles. The summed E-state index contributed by atoms with van der Waals surface area (Å²) in [6, 6.07) is 21.0. The summed E-state index contributed by atoms with van der Waals surface area (Å²) in [4.78, 5) is 0. The number of rotatable bonds is 5. The Balaban J connectivity index is 2.37. The molecule has 0 spiro atoms. The van der Waals surface area contributed by atoms with E-state index in [-0.39, 0.29) is 5.60 Å². The Morgan fingerprint density at radius 3 is 1.68 bits per heavy atom. The van der Waals surface area contributed by atoms with E-state index in [1.807, 2.05) is 18.2 Å². The summed E-state index contributed by atoms with van der Waals surface area (Å²) in [6.07, 6.45) is 1.87. The molecule has 0 bridgehead atoms. The molecule has 2 aromatic carbocycles. The minimum Gasteiger partial charge on any atom is -0.403 e. The van der Waals surface area contributed by atoms with E-state index in [1.54, 1.807) is 0 Å². The van der Waals surface area contributed by atoms with Gasteiger partial charge in [-0.05, 0) is 24.2 Å². The van der Waals surface area contributed by atoms with Crippen molar-refractivity contribution in [1.29, 1.82) is 0 Å². The SMILES string of the molecule is C=CC(C)(C)O[SiH](c1ccccc1)c1ccccc1. The van der Waals surface area contributed by atoms with Crippen molar-refractivity contribution in [2.75, 3.05) is 0 Å². The van der Waals surface area contributed by atoms with Crippen LogP contribution in [0.4, 0.5) is 0 Å². The van der Waals surface area contributed by atoms with Crippen molar-refractivity contribution in [3.63, 3.8) is 0 Å². The molecule has 0 aliphatic rings. The molecule has 0 aliphatic carbocycles. The average molecular weight is 268 g/mol. The zero-order chi connectivity index (χ0) is 13.7. The van der Waals surface area contributed by atoms with Crippen molar-refractivity contribution < 1.29 is 4.43 Å². The maximum Gasteiger partial charge on any atom is 0.241 e. The highest BCUT2D eigenvalue weighted by atomic mass is 28.3. The molecular weight excluding hydrogens is 248 g/mol. The van der Waals surface area contributed by atoms with E-state index in [1.165, 1.54) is 10.4 Å². The second-order valence-electron chi connectivity index (χ2n) is 5.13. The Morgan fingerprint density at radius 1 is 0.895 bits per heavy atom. The van der Waals surface area contributed by atoms with Crippen LogP contribution in [0.15, 0.2) is 73.3 Å². The van der Waals surface area contributed by atoms with Crippen LogP contribution in [-0.2, 0) is 4.43 Å². The van der Waals surface area contributed by atoms with Crippen LogP contribution in [0.3, 0.4) is 0 Å². The van der Waals surface area contributed by atoms with E-state index < -0.39 is 9.04 Å². The molecule has 98 valence electrons. The van der Waals surface area contributed by atoms with Crippen LogP contribution in [0.25, 0.3) is 0 Å². The Hall–Kier alpha value is -1.64. The Morgan fingerprint density at radius 2 is 1.32 bits per heavy atom. The summed E-state index contributed by atoms with van der Waals surface area (Å²) in [5, 5.41) is 2.59. The number of hydrogen-bond donors (Lipinski definition) is 0. The molecule has 0 aliphatic heterocycles. The lowest BCUT2D eigenvalue weighted by molar-refractivity contribution is 0.169. The maximum absolute atomic E-state index is 6.38. The highest BCUT2D eigenvalue weighted by molar-refractivity contribution is 6.80. The third kappa shape index (κ3) is 3.66. The van der Waals surface area contributed by atoms with Crippen LogP contribution in [0, 0.1) is 0 Å². The minimum absolute atomic E-state index is 0.303. The van der Waals surface area contributed by atoms with Gasteiger partial charge < -0.3 is 4.43 Å². The molecule has 0 amide bonds. The van der Waals surface area contributed by atoms with Crippen molar-refractivity contribution in [1.82, 2.24) is 0 Å². The summed E-state index contributed by atoms with van der Waals surface area (Å²) < 4.78 is 6.38. The molecule has 0 aromatic heterocycles. The summed E-state index contributed by atoms with van der Waals surface area (Å²) in [5.41, 5.74) is -0.303. The maximum atomic E-state index is 6.38. The van der Waals surface area contributed by atoms with Gasteiger partial charge in [-0.15, -0.1) is 6.58 Å². The first kappa shape index (κ1) is 13.8. The molecule has 2 rings (SSSR count). The lowest BCUT2D eigenvalue weighted by Crippen LogP contribution is -2.49. The van der Waals surface area contributed by atoms with Crippen molar-refractivity contribution in [3.8, 4) is 0 Å². The van der Waals surface area contributed by atoms with Gasteiger partial charge in [-0.3, -0.25) is 0 Å². The van der Waals surface area contributed by atoms with E-state index in [0.29, 0.717) is 0 Å². The van der Waals surface area contributed by atoms with Crippen LogP contribution >= 0.6 is 0 Å². The van der Waals surface area contributed by atoms with Crippen molar-refractivity contribution in [2.45, 2.75) is 19.4 Å². The molecule has 0 saturated carbocycles. The molecule has 1 nitrogen and oxygen atoms in total. The third-order valence-electron chi connectivity index (χ3n) is 3.12. The van der Waals surface area contributed by atoms with Gasteiger partial charge >= 0.3 is 0 Å². The lowest BCUT2D eigenvalue weighted by Gasteiger charge is -2.28. The zero-order valence-corrected chi connectivity index (χ0v) is 12.7. The second kappa shape index (κ2) is 6.00. The van der Waals surface area contributed by atoms with Gasteiger partial charge in [0, 0.05) is 0 Å². The first-order valence-electron chi connectivity index (χ1n) is 6.54. The predicted octanol–water partition coefficient (Wildman–Crippen LogP) is 2.51. The summed E-state index contributed by atoms with van der Waals surface area (Å²) in [6.45, 7) is 7.99. The first-order chi connectivity index (χ1) is 9.12. The molecule has 0 unspecified atom stereocenters. The molecule has 0 N–H and O–H groups in total. The third-order valence-corrected chi connectivity index (χ3v) is 5.94. The van der Waals surface area contributed by atoms with E-state index >= 15 is 0 Å². The van der Waals surface area contributed by atoms with Crippen molar-refractivity contribution >= 4 is 19.4 Å². The molecule has 19 heavy (non-hydrogen) atoms. The minimum atomic E-state index is -1.66. The van der Waals surface area contributed by atoms with Gasteiger partial charge in [0.15, 0.2) is 0 Å². The van der Waals surface area contributed by atoms with Crippen LogP contribution in [0.1, 0.15) is 13.8 Å². The van der Waals surface area contributed by atoms with Gasteiger partial charge in [0.2, 0.25) is 9.04 Å². The fourth-order valence-electron chi connectivity index (χ4n) is 1.94. The van der Waals surface area contributed by atoms with Gasteiger partial charge in [0.25, 0.3) is 0 Å². The van der Waals surface area contributed by atoms with Crippen molar-refractivity contribution in [2.24, 2.45) is 0 Å². The Bertz CT molecular complexity index is 480. The van der Waals surface area contributed by atoms with Crippen LogP contribution in [-0.4, -0.2) is 14.6 Å². The van der Waals surface area contributed by atoms with Gasteiger partial charge in [0.05, 0.1) is 5.60 Å². The van der Waals surface area contributed by atoms with Crippen LogP contribution < -0.4 is 10.4 Å². The predicted molar refractivity (Wildman–Crippen MR) is 84.7 cm³/mol. The van der Waals surface area contributed by atoms with Gasteiger partial charge in [0.1, 0.15) is 0 Å². The lowest BCUT2D eigenvalue weighted by atomic mass is 10.1. The van der Waals surface area contributed by atoms with E-state index in [4.69, 9.17) is 4.43 Å². The molecule has 0 fully saturated rings. The highest BCUT2D eigenvalue weighted by Crippen LogP contribution is 2.12. The standard InChI is InChI=1S/C17H20OSi/c1-4-17(2,3)18-19(15-11-7-5-8-12-15)16-13-9-6-10-14-16/h4-14,19H,1H2,2-3H3.